The Kier molecular flexibility index (Phi) is 10.2. The van der Waals surface area contributed by atoms with Crippen LogP contribution in [0, 0.1) is 5.92 Å². The number of hydrogen-bond acceptors (Lipinski definition) is 3. The third kappa shape index (κ3) is 10.5. The zero-order valence-electron chi connectivity index (χ0n) is 12.8. The van der Waals surface area contributed by atoms with Gasteiger partial charge in [0.15, 0.2) is 0 Å². The molecule has 0 aromatic heterocycles. The molecule has 0 aliphatic carbocycles. The average molecular weight is 271 g/mol. The number of hydrogen-bond donors (Lipinski definition) is 1. The van der Waals surface area contributed by atoms with Crippen LogP contribution in [0.2, 0.25) is 0 Å². The molecule has 4 nitrogen and oxygen atoms in total. The van der Waals surface area contributed by atoms with Gasteiger partial charge in [-0.15, -0.1) is 0 Å². The van der Waals surface area contributed by atoms with Crippen LogP contribution in [0.1, 0.15) is 66.2 Å². The fraction of sp³-hybridized carbons (Fsp3) is 0.867. The predicted molar refractivity (Wildman–Crippen MR) is 76.8 cm³/mol. The van der Waals surface area contributed by atoms with Crippen molar-refractivity contribution in [2.45, 2.75) is 72.3 Å². The molecular formula is C15H29NO3. The average Bonchev–Trinajstić information content (AvgIpc) is 2.35. The third-order valence-electron chi connectivity index (χ3n) is 2.80. The molecule has 0 aromatic carbocycles. The van der Waals surface area contributed by atoms with Crippen LogP contribution in [0.5, 0.6) is 0 Å². The fourth-order valence-corrected chi connectivity index (χ4v) is 1.64. The Morgan fingerprint density at radius 1 is 1.05 bits per heavy atom. The van der Waals surface area contributed by atoms with Crippen molar-refractivity contribution in [3.8, 4) is 0 Å². The summed E-state index contributed by atoms with van der Waals surface area (Å²) in [6, 6.07) is -0.554. The Morgan fingerprint density at radius 2 is 1.68 bits per heavy atom. The van der Waals surface area contributed by atoms with Gasteiger partial charge < -0.3 is 10.1 Å². The molecule has 0 spiro atoms. The topological polar surface area (TPSA) is 55.4 Å². The van der Waals surface area contributed by atoms with E-state index in [0.29, 0.717) is 18.9 Å². The van der Waals surface area contributed by atoms with E-state index in [2.05, 4.69) is 12.2 Å². The van der Waals surface area contributed by atoms with Crippen LogP contribution in [0.25, 0.3) is 0 Å². The van der Waals surface area contributed by atoms with Crippen LogP contribution < -0.4 is 5.32 Å². The Balaban J connectivity index is 3.70. The molecule has 0 radical (unpaired) electrons. The standard InChI is InChI=1S/C15H29NO3/c1-5-6-7-8-9-10-14(17)16-13(4)15(18)19-11-12(2)3/h12-13H,5-11H2,1-4H3,(H,16,17). The van der Waals surface area contributed by atoms with E-state index in [4.69, 9.17) is 4.74 Å². The maximum Gasteiger partial charge on any atom is 0.328 e. The molecule has 1 atom stereocenters. The summed E-state index contributed by atoms with van der Waals surface area (Å²) in [5, 5.41) is 2.68. The first-order chi connectivity index (χ1) is 8.97. The van der Waals surface area contributed by atoms with Crippen LogP contribution in [0.15, 0.2) is 0 Å². The van der Waals surface area contributed by atoms with E-state index < -0.39 is 6.04 Å². The van der Waals surface area contributed by atoms with E-state index in [1.807, 2.05) is 13.8 Å². The maximum absolute atomic E-state index is 11.6. The predicted octanol–water partition coefficient (Wildman–Crippen LogP) is 3.05. The van der Waals surface area contributed by atoms with Gasteiger partial charge in [-0.05, 0) is 19.3 Å². The lowest BCUT2D eigenvalue weighted by Gasteiger charge is -2.14. The number of rotatable bonds is 10. The molecule has 0 rings (SSSR count). The SMILES string of the molecule is CCCCCCCC(=O)NC(C)C(=O)OCC(C)C. The van der Waals surface area contributed by atoms with Gasteiger partial charge in [0.05, 0.1) is 6.61 Å². The van der Waals surface area contributed by atoms with Crippen LogP contribution in [0.3, 0.4) is 0 Å². The normalized spacial score (nSPS) is 12.3. The van der Waals surface area contributed by atoms with Crippen molar-refractivity contribution in [2.75, 3.05) is 6.61 Å². The Bertz CT molecular complexity index is 264. The van der Waals surface area contributed by atoms with Crippen molar-refractivity contribution in [1.29, 1.82) is 0 Å². The fourth-order valence-electron chi connectivity index (χ4n) is 1.64. The zero-order valence-corrected chi connectivity index (χ0v) is 12.8. The van der Waals surface area contributed by atoms with E-state index in [1.165, 1.54) is 19.3 Å². The number of unbranched alkanes of at least 4 members (excludes halogenated alkanes) is 4. The highest BCUT2D eigenvalue weighted by molar-refractivity contribution is 5.84. The van der Waals surface area contributed by atoms with E-state index in [1.54, 1.807) is 6.92 Å². The Hall–Kier alpha value is -1.06. The summed E-state index contributed by atoms with van der Waals surface area (Å²) < 4.78 is 5.07. The highest BCUT2D eigenvalue weighted by Crippen LogP contribution is 2.05. The number of ether oxygens (including phenoxy) is 1. The van der Waals surface area contributed by atoms with Gasteiger partial charge in [0, 0.05) is 6.42 Å². The minimum Gasteiger partial charge on any atom is -0.464 e. The summed E-state index contributed by atoms with van der Waals surface area (Å²) in [5.74, 6) is -0.107. The van der Waals surface area contributed by atoms with Crippen LogP contribution >= 0.6 is 0 Å². The molecule has 112 valence electrons. The van der Waals surface area contributed by atoms with Crippen molar-refractivity contribution in [1.82, 2.24) is 5.32 Å². The van der Waals surface area contributed by atoms with Gasteiger partial charge in [-0.25, -0.2) is 4.79 Å². The second-order valence-electron chi connectivity index (χ2n) is 5.48. The molecule has 0 saturated heterocycles. The molecule has 0 fully saturated rings. The molecular weight excluding hydrogens is 242 g/mol. The van der Waals surface area contributed by atoms with Crippen molar-refractivity contribution in [3.63, 3.8) is 0 Å². The van der Waals surface area contributed by atoms with Crippen LogP contribution in [-0.2, 0) is 14.3 Å². The molecule has 1 unspecified atom stereocenters. The quantitative estimate of drug-likeness (QED) is 0.491. The van der Waals surface area contributed by atoms with Gasteiger partial charge in [-0.3, -0.25) is 4.79 Å². The summed E-state index contributed by atoms with van der Waals surface area (Å²) in [6.45, 7) is 8.19. The van der Waals surface area contributed by atoms with Crippen molar-refractivity contribution in [3.05, 3.63) is 0 Å². The minimum absolute atomic E-state index is 0.0644. The van der Waals surface area contributed by atoms with E-state index >= 15 is 0 Å². The van der Waals surface area contributed by atoms with Gasteiger partial charge in [0.1, 0.15) is 6.04 Å². The molecule has 1 N–H and O–H groups in total. The number of carbonyl (C=O) groups excluding carboxylic acids is 2. The highest BCUT2D eigenvalue weighted by atomic mass is 16.5. The summed E-state index contributed by atoms with van der Waals surface area (Å²) in [7, 11) is 0. The maximum atomic E-state index is 11.6. The second-order valence-corrected chi connectivity index (χ2v) is 5.48. The smallest absolute Gasteiger partial charge is 0.328 e. The molecule has 0 heterocycles. The van der Waals surface area contributed by atoms with Crippen molar-refractivity contribution in [2.24, 2.45) is 5.92 Å². The largest absolute Gasteiger partial charge is 0.464 e. The van der Waals surface area contributed by atoms with Crippen molar-refractivity contribution < 1.29 is 14.3 Å². The first-order valence-electron chi connectivity index (χ1n) is 7.43. The number of amides is 1. The summed E-state index contributed by atoms with van der Waals surface area (Å²) in [4.78, 5) is 23.2. The van der Waals surface area contributed by atoms with Gasteiger partial charge in [0.25, 0.3) is 0 Å². The monoisotopic (exact) mass is 271 g/mol. The summed E-state index contributed by atoms with van der Waals surface area (Å²) in [5.41, 5.74) is 0. The molecule has 4 heteroatoms. The van der Waals surface area contributed by atoms with Gasteiger partial charge >= 0.3 is 5.97 Å². The first-order valence-corrected chi connectivity index (χ1v) is 7.43. The van der Waals surface area contributed by atoms with E-state index in [-0.39, 0.29) is 11.9 Å². The van der Waals surface area contributed by atoms with Gasteiger partial charge in [-0.1, -0.05) is 46.5 Å². The van der Waals surface area contributed by atoms with Crippen LogP contribution in [-0.4, -0.2) is 24.5 Å². The zero-order chi connectivity index (χ0) is 14.7. The molecule has 0 saturated carbocycles. The summed E-state index contributed by atoms with van der Waals surface area (Å²) >= 11 is 0. The first kappa shape index (κ1) is 17.9. The number of esters is 1. The summed E-state index contributed by atoms with van der Waals surface area (Å²) in [6.07, 6.45) is 6.05. The number of carbonyl (C=O) groups is 2. The van der Waals surface area contributed by atoms with Gasteiger partial charge in [-0.2, -0.15) is 0 Å². The Morgan fingerprint density at radius 3 is 2.26 bits per heavy atom. The molecule has 0 aromatic rings. The van der Waals surface area contributed by atoms with Gasteiger partial charge in [0.2, 0.25) is 5.91 Å². The minimum atomic E-state index is -0.554. The number of nitrogens with one attached hydrogen (secondary N) is 1. The Labute approximate surface area is 117 Å². The van der Waals surface area contributed by atoms with E-state index in [0.717, 1.165) is 12.8 Å². The second kappa shape index (κ2) is 10.8. The van der Waals surface area contributed by atoms with Crippen molar-refractivity contribution >= 4 is 11.9 Å². The highest BCUT2D eigenvalue weighted by Gasteiger charge is 2.16. The molecule has 0 aliphatic rings. The third-order valence-corrected chi connectivity index (χ3v) is 2.80. The lowest BCUT2D eigenvalue weighted by molar-refractivity contribution is -0.148. The lowest BCUT2D eigenvalue weighted by Crippen LogP contribution is -2.39. The molecule has 0 aliphatic heterocycles. The molecule has 1 amide bonds. The lowest BCUT2D eigenvalue weighted by atomic mass is 10.1. The van der Waals surface area contributed by atoms with E-state index in [9.17, 15) is 9.59 Å². The van der Waals surface area contributed by atoms with Crippen LogP contribution in [0.4, 0.5) is 0 Å². The molecule has 0 bridgehead atoms. The molecule has 19 heavy (non-hydrogen) atoms.